The molecular formula is C58H78BrMgNO8. The van der Waals surface area contributed by atoms with Crippen molar-refractivity contribution in [1.29, 1.82) is 5.26 Å². The fourth-order valence-electron chi connectivity index (χ4n) is 9.71. The summed E-state index contributed by atoms with van der Waals surface area (Å²) in [6, 6.07) is 36.2. The van der Waals surface area contributed by atoms with Gasteiger partial charge in [0.2, 0.25) is 0 Å². The summed E-state index contributed by atoms with van der Waals surface area (Å²) in [5, 5.41) is 29.9. The van der Waals surface area contributed by atoms with Crippen molar-refractivity contribution < 1.29 is 55.7 Å². The molecule has 4 aliphatic rings. The third kappa shape index (κ3) is 19.9. The van der Waals surface area contributed by atoms with E-state index in [-0.39, 0.29) is 45.4 Å². The maximum absolute atomic E-state index is 11.8. The maximum atomic E-state index is 11.8. The fourth-order valence-corrected chi connectivity index (χ4v) is 9.71. The van der Waals surface area contributed by atoms with Gasteiger partial charge in [-0.15, -0.1) is 12.1 Å². The molecule has 4 fully saturated rings. The van der Waals surface area contributed by atoms with Crippen molar-refractivity contribution in [1.82, 2.24) is 0 Å². The van der Waals surface area contributed by atoms with Crippen LogP contribution in [0, 0.1) is 17.4 Å². The number of nitrogens with zero attached hydrogens (tertiary/aromatic N) is 1. The second kappa shape index (κ2) is 33.5. The summed E-state index contributed by atoms with van der Waals surface area (Å²) in [4.78, 5) is 22.4. The second-order valence-electron chi connectivity index (χ2n) is 18.4. The number of carboxylic acids is 1. The van der Waals surface area contributed by atoms with Crippen molar-refractivity contribution in [3.63, 3.8) is 0 Å². The van der Waals surface area contributed by atoms with E-state index in [0.29, 0.717) is 5.78 Å². The van der Waals surface area contributed by atoms with Gasteiger partial charge in [0.05, 0.1) is 50.9 Å². The summed E-state index contributed by atoms with van der Waals surface area (Å²) in [6.45, 7) is 0. The van der Waals surface area contributed by atoms with E-state index in [1.54, 1.807) is 28.4 Å². The molecule has 4 saturated carbocycles. The third-order valence-corrected chi connectivity index (χ3v) is 14.0. The molecule has 69 heavy (non-hydrogen) atoms. The molecule has 4 aromatic rings. The predicted octanol–water partition coefficient (Wildman–Crippen LogP) is 10.4. The zero-order chi connectivity index (χ0) is 48.2. The number of rotatable bonds is 8. The van der Waals surface area contributed by atoms with Crippen LogP contribution in [0.1, 0.15) is 171 Å². The summed E-state index contributed by atoms with van der Waals surface area (Å²) in [5.74, 6) is 3.14. The molecule has 8 rings (SSSR count). The van der Waals surface area contributed by atoms with Crippen LogP contribution in [0.3, 0.4) is 0 Å². The van der Waals surface area contributed by atoms with Crippen molar-refractivity contribution in [2.24, 2.45) is 0 Å². The van der Waals surface area contributed by atoms with E-state index in [9.17, 15) is 25.1 Å². The van der Waals surface area contributed by atoms with Crippen LogP contribution in [0.15, 0.2) is 97.1 Å². The molecule has 0 saturated heterocycles. The van der Waals surface area contributed by atoms with Gasteiger partial charge in [0.1, 0.15) is 23.0 Å². The van der Waals surface area contributed by atoms with E-state index in [0.717, 1.165) is 142 Å². The molecule has 4 aliphatic carbocycles. The zero-order valence-corrected chi connectivity index (χ0v) is 45.1. The minimum Gasteiger partial charge on any atom is -1.00 e. The van der Waals surface area contributed by atoms with Crippen molar-refractivity contribution in [3.05, 3.63) is 120 Å². The van der Waals surface area contributed by atoms with Gasteiger partial charge >= 0.3 is 29.0 Å². The molecule has 4 aromatic carbocycles. The summed E-state index contributed by atoms with van der Waals surface area (Å²) in [5.41, 5.74) is 1.55. The number of halogens is 1. The van der Waals surface area contributed by atoms with Gasteiger partial charge in [0, 0.05) is 18.6 Å². The number of carbonyl (C=O) groups excluding carboxylic acids is 1. The van der Waals surface area contributed by atoms with E-state index < -0.39 is 17.0 Å². The number of aliphatic carboxylic acids is 1. The molecule has 0 spiro atoms. The van der Waals surface area contributed by atoms with Crippen LogP contribution in [0.4, 0.5) is 0 Å². The standard InChI is InChI=1S/C15H19NO.C15H20O3.C14H20O2.C7H7O.C7H12O.BrH.Mg/c1-17-14-8-6-13(7-9-14)15(12-16)10-4-2-3-5-11-15;1-18-13-8-6-12(7-9-13)15(14(16)17)10-4-2-3-5-11-15;1-16-13-8-6-12(7-9-13)14(15)10-4-2-3-5-11-14;1-8-7-5-3-2-4-6-7;8-7-5-3-1-2-4-6-7;;/h6-9H,2-5,10-11H2,1H3;6-9H,2-5,10-11H2,1H3,(H,16,17);6-9,15H,2-5,10-11H2,1H3;3-6H,1H3;1-6H2;1H;/q;;;-1;;;+2/p-1. The number of hydrogen-bond donors (Lipinski definition) is 2. The Balaban J connectivity index is 0.000000304. The Morgan fingerprint density at radius 1 is 0.507 bits per heavy atom. The second-order valence-corrected chi connectivity index (χ2v) is 18.4. The largest absolute Gasteiger partial charge is 2.00 e. The summed E-state index contributed by atoms with van der Waals surface area (Å²) < 4.78 is 20.3. The number of nitriles is 1. The Morgan fingerprint density at radius 2 is 0.841 bits per heavy atom. The number of aliphatic hydroxyl groups is 1. The fraction of sp³-hybridized carbons (Fsp3) is 0.534. The van der Waals surface area contributed by atoms with E-state index in [2.05, 4.69) is 12.1 Å². The van der Waals surface area contributed by atoms with Gasteiger partial charge < -0.3 is 46.1 Å². The van der Waals surface area contributed by atoms with Crippen LogP contribution >= 0.6 is 0 Å². The summed E-state index contributed by atoms with van der Waals surface area (Å²) >= 11 is 0. The summed E-state index contributed by atoms with van der Waals surface area (Å²) in [7, 11) is 6.60. The molecule has 0 unspecified atom stereocenters. The molecule has 0 aromatic heterocycles. The molecule has 11 heteroatoms. The third-order valence-electron chi connectivity index (χ3n) is 14.0. The first-order valence-electron chi connectivity index (χ1n) is 24.9. The van der Waals surface area contributed by atoms with Gasteiger partial charge in [-0.05, 0) is 104 Å². The van der Waals surface area contributed by atoms with Gasteiger partial charge in [0.25, 0.3) is 0 Å². The van der Waals surface area contributed by atoms with Crippen LogP contribution in [-0.4, -0.2) is 73.5 Å². The Bertz CT molecular complexity index is 2010. The molecular weight excluding hydrogens is 943 g/mol. The minimum absolute atomic E-state index is 0. The van der Waals surface area contributed by atoms with Gasteiger partial charge in [-0.3, -0.25) is 9.59 Å². The quantitative estimate of drug-likeness (QED) is 0.100. The van der Waals surface area contributed by atoms with Gasteiger partial charge in [-0.25, -0.2) is 0 Å². The Morgan fingerprint density at radius 3 is 1.20 bits per heavy atom. The summed E-state index contributed by atoms with van der Waals surface area (Å²) in [6.07, 6.45) is 25.7. The number of ketones is 1. The number of hydrogen-bond acceptors (Lipinski definition) is 8. The average molecular weight is 1020 g/mol. The van der Waals surface area contributed by atoms with E-state index in [1.165, 1.54) is 51.4 Å². The number of carbonyl (C=O) groups is 2. The van der Waals surface area contributed by atoms with Gasteiger partial charge in [-0.2, -0.15) is 23.5 Å². The number of benzene rings is 4. The monoisotopic (exact) mass is 1020 g/mol. The molecule has 0 heterocycles. The Hall–Kier alpha value is -4.08. The minimum atomic E-state index is -0.692. The van der Waals surface area contributed by atoms with Crippen molar-refractivity contribution in [3.8, 4) is 29.1 Å². The Labute approximate surface area is 441 Å². The first kappa shape index (κ1) is 61.0. The Kier molecular flexibility index (Phi) is 29.6. The topological polar surface area (TPSA) is 135 Å². The van der Waals surface area contributed by atoms with Crippen molar-refractivity contribution in [2.45, 2.75) is 171 Å². The smallest absolute Gasteiger partial charge is 1.00 e. The van der Waals surface area contributed by atoms with Crippen LogP contribution < -0.4 is 35.9 Å². The van der Waals surface area contributed by atoms with Crippen LogP contribution in [0.2, 0.25) is 0 Å². The molecule has 2 N–H and O–H groups in total. The van der Waals surface area contributed by atoms with E-state index in [1.807, 2.05) is 97.1 Å². The SMILES string of the molecule is COc1cc[c-]cc1.COc1ccc(C2(C#N)CCCCCC2)cc1.COc1ccc(C2(C(=O)O)CCCCCC2)cc1.COc1ccc(C2(O)CCCCCC2)cc1.O=C1CCCCCC1.[Br-].[Mg+2]. The molecule has 372 valence electrons. The van der Waals surface area contributed by atoms with E-state index >= 15 is 0 Å². The molecule has 0 radical (unpaired) electrons. The number of ether oxygens (including phenoxy) is 4. The molecule has 9 nitrogen and oxygen atoms in total. The molecule has 0 atom stereocenters. The van der Waals surface area contributed by atoms with Crippen LogP contribution in [-0.2, 0) is 26.0 Å². The molecule has 0 bridgehead atoms. The van der Waals surface area contributed by atoms with Crippen molar-refractivity contribution in [2.75, 3.05) is 28.4 Å². The first-order valence-corrected chi connectivity index (χ1v) is 24.9. The normalized spacial score (nSPS) is 17.9. The predicted molar refractivity (Wildman–Crippen MR) is 273 cm³/mol. The average Bonchev–Trinajstić information content (AvgIpc) is 3.98. The van der Waals surface area contributed by atoms with Gasteiger partial charge in [0.15, 0.2) is 0 Å². The number of carboxylic acid groups (broad SMARTS) is 1. The maximum Gasteiger partial charge on any atom is 2.00 e. The molecule has 0 amide bonds. The number of methoxy groups -OCH3 is 4. The molecule has 0 aliphatic heterocycles. The number of Topliss-reactive ketones (excluding diaryl/α,β-unsaturated/α-hetero) is 1. The van der Waals surface area contributed by atoms with E-state index in [4.69, 9.17) is 18.9 Å². The first-order chi connectivity index (χ1) is 32.6. The van der Waals surface area contributed by atoms with Crippen LogP contribution in [0.5, 0.6) is 23.0 Å². The van der Waals surface area contributed by atoms with Gasteiger partial charge in [-0.1, -0.05) is 126 Å². The van der Waals surface area contributed by atoms with Crippen molar-refractivity contribution >= 4 is 34.8 Å². The zero-order valence-electron chi connectivity index (χ0n) is 42.1. The van der Waals surface area contributed by atoms with Crippen LogP contribution in [0.25, 0.3) is 0 Å².